The van der Waals surface area contributed by atoms with Gasteiger partial charge in [0.25, 0.3) is 5.91 Å². The molecule has 0 bridgehead atoms. The second-order valence-electron chi connectivity index (χ2n) is 7.91. The Morgan fingerprint density at radius 1 is 1.16 bits per heavy atom. The number of ether oxygens (including phenoxy) is 2. The Labute approximate surface area is 179 Å². The number of aromatic nitrogens is 1. The first-order valence-electron chi connectivity index (χ1n) is 10.6. The summed E-state index contributed by atoms with van der Waals surface area (Å²) in [6.07, 6.45) is 3.85. The van der Waals surface area contributed by atoms with E-state index in [1.54, 1.807) is 0 Å². The number of nitrogens with one attached hydrogen (secondary N) is 1. The number of hydrogen-bond donors (Lipinski definition) is 1. The molecule has 1 saturated carbocycles. The molecule has 1 amide bonds. The monoisotopic (exact) mass is 422 g/mol. The maximum absolute atomic E-state index is 13.9. The van der Waals surface area contributed by atoms with Crippen LogP contribution in [0.1, 0.15) is 47.8 Å². The summed E-state index contributed by atoms with van der Waals surface area (Å²) in [6.45, 7) is 1.07. The van der Waals surface area contributed by atoms with Gasteiger partial charge in [0.15, 0.2) is 5.69 Å². The Morgan fingerprint density at radius 2 is 2.00 bits per heavy atom. The highest BCUT2D eigenvalue weighted by Crippen LogP contribution is 2.43. The van der Waals surface area contributed by atoms with Gasteiger partial charge in [0.1, 0.15) is 23.9 Å². The minimum Gasteiger partial charge on any atom is -0.489 e. The number of benzene rings is 2. The molecule has 2 heterocycles. The van der Waals surface area contributed by atoms with Gasteiger partial charge in [-0.3, -0.25) is 4.79 Å². The third kappa shape index (κ3) is 4.46. The average Bonchev–Trinajstić information content (AvgIpc) is 3.31. The van der Waals surface area contributed by atoms with Crippen molar-refractivity contribution in [3.8, 4) is 17.2 Å². The van der Waals surface area contributed by atoms with E-state index < -0.39 is 11.7 Å². The SMILES string of the molecule is O=C(Nc1cc(F)ccc1OCC1CCCO1)c1nc(-c2ccccc2)oc1C1CC1. The molecule has 5 rings (SSSR count). The second-order valence-corrected chi connectivity index (χ2v) is 7.91. The molecule has 1 N–H and O–H groups in total. The van der Waals surface area contributed by atoms with Crippen LogP contribution in [0.15, 0.2) is 52.9 Å². The molecule has 2 aromatic carbocycles. The lowest BCUT2D eigenvalue weighted by Crippen LogP contribution is -2.19. The van der Waals surface area contributed by atoms with Crippen molar-refractivity contribution in [3.63, 3.8) is 0 Å². The van der Waals surface area contributed by atoms with Gasteiger partial charge in [-0.15, -0.1) is 0 Å². The van der Waals surface area contributed by atoms with Crippen molar-refractivity contribution in [2.75, 3.05) is 18.5 Å². The molecule has 7 heteroatoms. The number of carbonyl (C=O) groups excluding carboxylic acids is 1. The van der Waals surface area contributed by atoms with Gasteiger partial charge in [-0.05, 0) is 49.9 Å². The summed E-state index contributed by atoms with van der Waals surface area (Å²) < 4.78 is 31.3. The van der Waals surface area contributed by atoms with E-state index in [-0.39, 0.29) is 23.4 Å². The van der Waals surface area contributed by atoms with E-state index in [0.29, 0.717) is 24.0 Å². The predicted molar refractivity (Wildman–Crippen MR) is 113 cm³/mol. The minimum atomic E-state index is -0.465. The average molecular weight is 422 g/mol. The standard InChI is InChI=1S/C24H23FN2O4/c25-17-10-11-20(30-14-18-7-4-12-29-18)19(13-17)26-23(28)21-22(15-8-9-15)31-24(27-21)16-5-2-1-3-6-16/h1-3,5-6,10-11,13,15,18H,4,7-9,12,14H2,(H,26,28). The molecule has 1 aliphatic carbocycles. The van der Waals surface area contributed by atoms with Crippen molar-refractivity contribution in [1.29, 1.82) is 0 Å². The lowest BCUT2D eigenvalue weighted by Gasteiger charge is -2.15. The number of carbonyl (C=O) groups is 1. The molecule has 2 aliphatic rings. The van der Waals surface area contributed by atoms with E-state index in [1.165, 1.54) is 18.2 Å². The van der Waals surface area contributed by atoms with Crippen LogP contribution in [0.4, 0.5) is 10.1 Å². The molecule has 0 spiro atoms. The third-order valence-electron chi connectivity index (χ3n) is 5.48. The first-order chi connectivity index (χ1) is 15.2. The topological polar surface area (TPSA) is 73.6 Å². The molecule has 1 atom stereocenters. The predicted octanol–water partition coefficient (Wildman–Crippen LogP) is 5.17. The van der Waals surface area contributed by atoms with Crippen LogP contribution in [0.3, 0.4) is 0 Å². The van der Waals surface area contributed by atoms with Crippen LogP contribution in [0, 0.1) is 5.82 Å². The van der Waals surface area contributed by atoms with Crippen LogP contribution in [0.25, 0.3) is 11.5 Å². The minimum absolute atomic E-state index is 0.0130. The van der Waals surface area contributed by atoms with E-state index in [1.807, 2.05) is 30.3 Å². The number of hydrogen-bond acceptors (Lipinski definition) is 5. The van der Waals surface area contributed by atoms with E-state index in [2.05, 4.69) is 10.3 Å². The number of amides is 1. The molecular formula is C24H23FN2O4. The van der Waals surface area contributed by atoms with Crippen LogP contribution in [-0.2, 0) is 4.74 Å². The molecular weight excluding hydrogens is 399 g/mol. The molecule has 1 aliphatic heterocycles. The van der Waals surface area contributed by atoms with Crippen LogP contribution in [0.5, 0.6) is 5.75 Å². The Hall–Kier alpha value is -3.19. The summed E-state index contributed by atoms with van der Waals surface area (Å²) in [4.78, 5) is 17.6. The Morgan fingerprint density at radius 3 is 2.74 bits per heavy atom. The Balaban J connectivity index is 1.38. The highest BCUT2D eigenvalue weighted by molar-refractivity contribution is 6.04. The van der Waals surface area contributed by atoms with Crippen molar-refractivity contribution in [1.82, 2.24) is 4.98 Å². The van der Waals surface area contributed by atoms with Crippen molar-refractivity contribution in [3.05, 3.63) is 65.8 Å². The van der Waals surface area contributed by atoms with Gasteiger partial charge in [-0.25, -0.2) is 9.37 Å². The summed E-state index contributed by atoms with van der Waals surface area (Å²) in [5.74, 6) is 0.655. The van der Waals surface area contributed by atoms with Gasteiger partial charge in [-0.1, -0.05) is 18.2 Å². The third-order valence-corrected chi connectivity index (χ3v) is 5.48. The first kappa shape index (κ1) is 19.8. The molecule has 0 radical (unpaired) electrons. The summed E-state index contributed by atoms with van der Waals surface area (Å²) in [7, 11) is 0. The fraction of sp³-hybridized carbons (Fsp3) is 0.333. The number of oxazole rings is 1. The van der Waals surface area contributed by atoms with Gasteiger partial charge in [0, 0.05) is 24.2 Å². The van der Waals surface area contributed by atoms with E-state index >= 15 is 0 Å². The van der Waals surface area contributed by atoms with Crippen molar-refractivity contribution >= 4 is 11.6 Å². The molecule has 1 aromatic heterocycles. The normalized spacial score (nSPS) is 18.2. The number of anilines is 1. The van der Waals surface area contributed by atoms with Gasteiger partial charge < -0.3 is 19.2 Å². The molecule has 1 unspecified atom stereocenters. The fourth-order valence-electron chi connectivity index (χ4n) is 3.69. The maximum Gasteiger partial charge on any atom is 0.278 e. The zero-order valence-electron chi connectivity index (χ0n) is 17.0. The lowest BCUT2D eigenvalue weighted by atomic mass is 10.2. The van der Waals surface area contributed by atoms with Crippen molar-refractivity contribution < 1.29 is 23.1 Å². The van der Waals surface area contributed by atoms with Crippen LogP contribution >= 0.6 is 0 Å². The quantitative estimate of drug-likeness (QED) is 0.569. The first-order valence-corrected chi connectivity index (χ1v) is 10.6. The van der Waals surface area contributed by atoms with Crippen LogP contribution in [0.2, 0.25) is 0 Å². The highest BCUT2D eigenvalue weighted by atomic mass is 19.1. The maximum atomic E-state index is 13.9. The summed E-state index contributed by atoms with van der Waals surface area (Å²) in [6, 6.07) is 13.5. The molecule has 3 aromatic rings. The number of halogens is 1. The van der Waals surface area contributed by atoms with Gasteiger partial charge in [-0.2, -0.15) is 0 Å². The van der Waals surface area contributed by atoms with E-state index in [0.717, 1.165) is 37.9 Å². The molecule has 31 heavy (non-hydrogen) atoms. The summed E-state index contributed by atoms with van der Waals surface area (Å²) in [5.41, 5.74) is 1.29. The Bertz CT molecular complexity index is 1070. The molecule has 6 nitrogen and oxygen atoms in total. The Kier molecular flexibility index (Phi) is 5.42. The molecule has 1 saturated heterocycles. The van der Waals surface area contributed by atoms with E-state index in [9.17, 15) is 9.18 Å². The smallest absolute Gasteiger partial charge is 0.278 e. The molecule has 160 valence electrons. The largest absolute Gasteiger partial charge is 0.489 e. The highest BCUT2D eigenvalue weighted by Gasteiger charge is 2.34. The zero-order valence-corrected chi connectivity index (χ0v) is 17.0. The number of nitrogens with zero attached hydrogens (tertiary/aromatic N) is 1. The number of rotatable bonds is 7. The fourth-order valence-corrected chi connectivity index (χ4v) is 3.69. The van der Waals surface area contributed by atoms with Crippen molar-refractivity contribution in [2.24, 2.45) is 0 Å². The van der Waals surface area contributed by atoms with Gasteiger partial charge >= 0.3 is 0 Å². The summed E-state index contributed by atoms with van der Waals surface area (Å²) >= 11 is 0. The van der Waals surface area contributed by atoms with Gasteiger partial charge in [0.2, 0.25) is 5.89 Å². The van der Waals surface area contributed by atoms with Crippen LogP contribution in [-0.4, -0.2) is 30.2 Å². The lowest BCUT2D eigenvalue weighted by molar-refractivity contribution is 0.0681. The van der Waals surface area contributed by atoms with Gasteiger partial charge in [0.05, 0.1) is 11.8 Å². The summed E-state index contributed by atoms with van der Waals surface area (Å²) in [5, 5.41) is 2.76. The van der Waals surface area contributed by atoms with Crippen LogP contribution < -0.4 is 10.1 Å². The molecule has 2 fully saturated rings. The zero-order chi connectivity index (χ0) is 21.2. The second kappa shape index (κ2) is 8.51. The van der Waals surface area contributed by atoms with E-state index in [4.69, 9.17) is 13.9 Å². The van der Waals surface area contributed by atoms with Crippen molar-refractivity contribution in [2.45, 2.75) is 37.7 Å².